The summed E-state index contributed by atoms with van der Waals surface area (Å²) in [4.78, 5) is 48.2. The molecule has 0 saturated heterocycles. The molecule has 0 bridgehead atoms. The predicted octanol–water partition coefficient (Wildman–Crippen LogP) is 2.13. The quantitative estimate of drug-likeness (QED) is 0.471. The highest BCUT2D eigenvalue weighted by molar-refractivity contribution is 7.91. The Hall–Kier alpha value is -2.76. The summed E-state index contributed by atoms with van der Waals surface area (Å²) in [5.41, 5.74) is -2.82. The van der Waals surface area contributed by atoms with E-state index in [1.165, 1.54) is 14.0 Å². The first-order chi connectivity index (χ1) is 14.8. The number of benzene rings is 1. The highest BCUT2D eigenvalue weighted by Crippen LogP contribution is 2.44. The van der Waals surface area contributed by atoms with Crippen molar-refractivity contribution in [2.75, 3.05) is 12.8 Å². The molecule has 1 amide bonds. The SMILES string of the molecule is CCS(=O)(=O)c1ccc(C(=O)C2C(=O)CCCC2=O)c(C(F)(F)F)c1OC(C)C(=O)NC. The minimum Gasteiger partial charge on any atom is -0.479 e. The van der Waals surface area contributed by atoms with E-state index in [9.17, 15) is 40.8 Å². The lowest BCUT2D eigenvalue weighted by Crippen LogP contribution is -2.37. The molecule has 1 aliphatic carbocycles. The Bertz CT molecular complexity index is 1050. The molecular formula is C20H22F3NO7S. The summed E-state index contributed by atoms with van der Waals surface area (Å²) in [7, 11) is -3.08. The maximum absolute atomic E-state index is 14.1. The van der Waals surface area contributed by atoms with Crippen LogP contribution in [0.4, 0.5) is 13.2 Å². The third-order valence-corrected chi connectivity index (χ3v) is 6.80. The average Bonchev–Trinajstić information content (AvgIpc) is 2.71. The summed E-state index contributed by atoms with van der Waals surface area (Å²) >= 11 is 0. The monoisotopic (exact) mass is 477 g/mol. The molecule has 1 fully saturated rings. The molecule has 2 rings (SSSR count). The summed E-state index contributed by atoms with van der Waals surface area (Å²) < 4.78 is 72.5. The number of sulfone groups is 1. The molecule has 0 radical (unpaired) electrons. The summed E-state index contributed by atoms with van der Waals surface area (Å²) in [6.45, 7) is 2.30. The van der Waals surface area contributed by atoms with Crippen molar-refractivity contribution in [3.8, 4) is 5.75 Å². The van der Waals surface area contributed by atoms with Crippen LogP contribution in [-0.2, 0) is 30.4 Å². The van der Waals surface area contributed by atoms with Gasteiger partial charge in [0, 0.05) is 25.5 Å². The second kappa shape index (κ2) is 9.39. The van der Waals surface area contributed by atoms with Gasteiger partial charge >= 0.3 is 6.18 Å². The second-order valence-electron chi connectivity index (χ2n) is 7.17. The second-order valence-corrected chi connectivity index (χ2v) is 9.42. The molecule has 12 heteroatoms. The molecule has 0 spiro atoms. The standard InChI is InChI=1S/C20H22F3NO7S/c1-4-32(29,30)14-9-8-11(17(27)15-12(25)6-5-7-13(15)26)16(20(21,22)23)18(14)31-10(2)19(28)24-3/h8-10,15H,4-7H2,1-3H3,(H,24,28). The van der Waals surface area contributed by atoms with Crippen LogP contribution in [0.1, 0.15) is 49.0 Å². The molecule has 1 N–H and O–H groups in total. The number of halogens is 3. The van der Waals surface area contributed by atoms with E-state index in [1.54, 1.807) is 0 Å². The summed E-state index contributed by atoms with van der Waals surface area (Å²) in [6, 6.07) is 1.38. The molecule has 1 aromatic carbocycles. The molecule has 1 saturated carbocycles. The fourth-order valence-corrected chi connectivity index (χ4v) is 4.37. The Morgan fingerprint density at radius 2 is 1.75 bits per heavy atom. The van der Waals surface area contributed by atoms with Crippen molar-refractivity contribution in [1.29, 1.82) is 0 Å². The Morgan fingerprint density at radius 1 is 1.19 bits per heavy atom. The van der Waals surface area contributed by atoms with Gasteiger partial charge in [-0.1, -0.05) is 6.92 Å². The number of carbonyl (C=O) groups is 4. The van der Waals surface area contributed by atoms with Crippen molar-refractivity contribution in [3.63, 3.8) is 0 Å². The van der Waals surface area contributed by atoms with Gasteiger partial charge in [0.05, 0.1) is 5.75 Å². The van der Waals surface area contributed by atoms with Crippen molar-refractivity contribution in [2.45, 2.75) is 50.3 Å². The number of nitrogens with one attached hydrogen (secondary N) is 1. The van der Waals surface area contributed by atoms with Crippen LogP contribution in [0, 0.1) is 5.92 Å². The normalized spacial score (nSPS) is 16.6. The van der Waals surface area contributed by atoms with Gasteiger partial charge in [-0.2, -0.15) is 13.2 Å². The number of alkyl halides is 3. The third-order valence-electron chi connectivity index (χ3n) is 5.05. The fraction of sp³-hybridized carbons (Fsp3) is 0.500. The van der Waals surface area contributed by atoms with Crippen molar-refractivity contribution < 1.29 is 45.5 Å². The summed E-state index contributed by atoms with van der Waals surface area (Å²) in [5, 5.41) is 2.17. The van der Waals surface area contributed by atoms with Gasteiger partial charge in [0.15, 0.2) is 39.0 Å². The predicted molar refractivity (Wildman–Crippen MR) is 105 cm³/mol. The summed E-state index contributed by atoms with van der Waals surface area (Å²) in [6.07, 6.45) is -6.93. The lowest BCUT2D eigenvalue weighted by atomic mass is 9.80. The first-order valence-corrected chi connectivity index (χ1v) is 11.4. The van der Waals surface area contributed by atoms with E-state index in [1.807, 2.05) is 0 Å². The first kappa shape index (κ1) is 25.5. The molecule has 8 nitrogen and oxygen atoms in total. The van der Waals surface area contributed by atoms with Crippen LogP contribution in [0.2, 0.25) is 0 Å². The highest BCUT2D eigenvalue weighted by Gasteiger charge is 2.45. The number of ether oxygens (including phenoxy) is 1. The molecule has 176 valence electrons. The van der Waals surface area contributed by atoms with Crippen LogP contribution < -0.4 is 10.1 Å². The lowest BCUT2D eigenvalue weighted by Gasteiger charge is -2.24. The number of Topliss-reactive ketones (excluding diaryl/α,β-unsaturated/α-hetero) is 3. The lowest BCUT2D eigenvalue weighted by molar-refractivity contribution is -0.141. The van der Waals surface area contributed by atoms with Gasteiger partial charge in [-0.3, -0.25) is 19.2 Å². The van der Waals surface area contributed by atoms with Gasteiger partial charge < -0.3 is 10.1 Å². The Morgan fingerprint density at radius 3 is 2.22 bits per heavy atom. The Kier molecular flexibility index (Phi) is 7.48. The molecule has 0 aliphatic heterocycles. The molecule has 0 aromatic heterocycles. The van der Waals surface area contributed by atoms with E-state index in [2.05, 4.69) is 5.32 Å². The number of amides is 1. The zero-order valence-electron chi connectivity index (χ0n) is 17.5. The minimum absolute atomic E-state index is 0.136. The van der Waals surface area contributed by atoms with E-state index in [4.69, 9.17) is 4.74 Å². The van der Waals surface area contributed by atoms with E-state index < -0.39 is 78.8 Å². The van der Waals surface area contributed by atoms with E-state index >= 15 is 0 Å². The van der Waals surface area contributed by atoms with Crippen LogP contribution in [0.15, 0.2) is 17.0 Å². The van der Waals surface area contributed by atoms with E-state index in [0.717, 1.165) is 13.0 Å². The maximum Gasteiger partial charge on any atom is 0.420 e. The van der Waals surface area contributed by atoms with Gasteiger partial charge in [-0.25, -0.2) is 8.42 Å². The number of hydrogen-bond acceptors (Lipinski definition) is 7. The van der Waals surface area contributed by atoms with E-state index in [0.29, 0.717) is 6.07 Å². The average molecular weight is 477 g/mol. The topological polar surface area (TPSA) is 124 Å². The number of carbonyl (C=O) groups excluding carboxylic acids is 4. The van der Waals surface area contributed by atoms with Crippen molar-refractivity contribution in [3.05, 3.63) is 23.3 Å². The van der Waals surface area contributed by atoms with Crippen LogP contribution in [0.3, 0.4) is 0 Å². The van der Waals surface area contributed by atoms with Gasteiger partial charge in [0.2, 0.25) is 0 Å². The third kappa shape index (κ3) is 5.00. The number of likely N-dealkylation sites (N-methyl/N-ethyl adjacent to an activating group) is 1. The minimum atomic E-state index is -5.30. The molecular weight excluding hydrogens is 455 g/mol. The summed E-state index contributed by atoms with van der Waals surface area (Å²) in [5.74, 6) is -7.53. The maximum atomic E-state index is 14.1. The van der Waals surface area contributed by atoms with Crippen molar-refractivity contribution in [1.82, 2.24) is 5.32 Å². The Balaban J connectivity index is 2.83. The van der Waals surface area contributed by atoms with Gasteiger partial charge in [0.25, 0.3) is 5.91 Å². The largest absolute Gasteiger partial charge is 0.479 e. The molecule has 0 heterocycles. The van der Waals surface area contributed by atoms with Crippen LogP contribution in [-0.4, -0.2) is 50.6 Å². The molecule has 1 unspecified atom stereocenters. The van der Waals surface area contributed by atoms with Gasteiger partial charge in [0.1, 0.15) is 16.4 Å². The van der Waals surface area contributed by atoms with Gasteiger partial charge in [-0.15, -0.1) is 0 Å². The van der Waals surface area contributed by atoms with Crippen LogP contribution in [0.25, 0.3) is 0 Å². The van der Waals surface area contributed by atoms with Crippen molar-refractivity contribution in [2.24, 2.45) is 5.92 Å². The van der Waals surface area contributed by atoms with E-state index in [-0.39, 0.29) is 19.3 Å². The Labute approximate surface area is 182 Å². The van der Waals surface area contributed by atoms with Gasteiger partial charge in [-0.05, 0) is 25.5 Å². The number of hydrogen-bond donors (Lipinski definition) is 1. The zero-order valence-corrected chi connectivity index (χ0v) is 18.4. The number of ketones is 3. The zero-order chi connectivity index (χ0) is 24.4. The van der Waals surface area contributed by atoms with Crippen LogP contribution >= 0.6 is 0 Å². The molecule has 32 heavy (non-hydrogen) atoms. The first-order valence-electron chi connectivity index (χ1n) is 9.71. The molecule has 1 atom stereocenters. The molecule has 1 aromatic rings. The number of rotatable bonds is 7. The highest BCUT2D eigenvalue weighted by atomic mass is 32.2. The van der Waals surface area contributed by atoms with Crippen molar-refractivity contribution >= 4 is 33.1 Å². The fourth-order valence-electron chi connectivity index (χ4n) is 3.35. The molecule has 1 aliphatic rings. The smallest absolute Gasteiger partial charge is 0.420 e. The van der Waals surface area contributed by atoms with Crippen LogP contribution in [0.5, 0.6) is 5.75 Å².